The highest BCUT2D eigenvalue weighted by Gasteiger charge is 2.13. The molecule has 0 radical (unpaired) electrons. The first kappa shape index (κ1) is 22.2. The average Bonchev–Trinajstić information content (AvgIpc) is 2.66. The van der Waals surface area contributed by atoms with E-state index in [1.165, 1.54) is 18.3 Å². The van der Waals surface area contributed by atoms with Gasteiger partial charge in [0.15, 0.2) is 5.82 Å². The largest absolute Gasteiger partial charge is 0.337 e. The van der Waals surface area contributed by atoms with Crippen molar-refractivity contribution in [2.24, 2.45) is 0 Å². The third-order valence-corrected chi connectivity index (χ3v) is 5.15. The Morgan fingerprint density at radius 3 is 2.47 bits per heavy atom. The maximum atomic E-state index is 14.1. The van der Waals surface area contributed by atoms with Gasteiger partial charge in [0.25, 0.3) is 0 Å². The molecule has 0 aliphatic rings. The van der Waals surface area contributed by atoms with Gasteiger partial charge < -0.3 is 10.6 Å². The molecule has 2 aromatic carbocycles. The van der Waals surface area contributed by atoms with Crippen LogP contribution in [0.15, 0.2) is 48.7 Å². The Morgan fingerprint density at radius 1 is 1.10 bits per heavy atom. The van der Waals surface area contributed by atoms with Crippen molar-refractivity contribution in [1.29, 1.82) is 0 Å². The summed E-state index contributed by atoms with van der Waals surface area (Å²) in [6.07, 6.45) is 2.34. The first-order valence-electron chi connectivity index (χ1n) is 8.25. The molecule has 0 amide bonds. The number of nitrogens with zero attached hydrogens (tertiary/aromatic N) is 2. The predicted molar refractivity (Wildman–Crippen MR) is 123 cm³/mol. The molecule has 0 bridgehead atoms. The van der Waals surface area contributed by atoms with Crippen molar-refractivity contribution < 1.29 is 17.6 Å². The highest BCUT2D eigenvalue weighted by atomic mass is 127. The molecule has 0 fully saturated rings. The fraction of sp³-hybridized carbons (Fsp3) is 0.0556. The number of rotatable bonds is 7. The Balaban J connectivity index is 1.91. The van der Waals surface area contributed by atoms with E-state index >= 15 is 0 Å². The first-order chi connectivity index (χ1) is 14.1. The molecule has 1 heterocycles. The minimum atomic E-state index is -3.50. The summed E-state index contributed by atoms with van der Waals surface area (Å²) in [5, 5.41) is 5.80. The molecule has 8 nitrogen and oxygen atoms in total. The van der Waals surface area contributed by atoms with E-state index in [-0.39, 0.29) is 26.3 Å². The van der Waals surface area contributed by atoms with Crippen molar-refractivity contribution in [2.75, 3.05) is 21.6 Å². The molecule has 3 rings (SSSR count). The third kappa shape index (κ3) is 5.77. The second-order valence-electron chi connectivity index (χ2n) is 6.03. The summed E-state index contributed by atoms with van der Waals surface area (Å²) in [7, 11) is -3.50. The van der Waals surface area contributed by atoms with Crippen LogP contribution < -0.4 is 15.4 Å². The van der Waals surface area contributed by atoms with E-state index in [0.717, 1.165) is 12.3 Å². The van der Waals surface area contributed by atoms with E-state index in [1.54, 1.807) is 46.9 Å². The van der Waals surface area contributed by atoms with Gasteiger partial charge in [0.1, 0.15) is 10.8 Å². The zero-order valence-corrected chi connectivity index (χ0v) is 19.0. The summed E-state index contributed by atoms with van der Waals surface area (Å²) in [4.78, 5) is 19.8. The molecule has 12 heteroatoms. The normalized spacial score (nSPS) is 11.1. The van der Waals surface area contributed by atoms with Crippen LogP contribution in [0.4, 0.5) is 33.2 Å². The second kappa shape index (κ2) is 9.10. The first-order valence-corrected chi connectivity index (χ1v) is 11.6. The van der Waals surface area contributed by atoms with Gasteiger partial charge in [-0.05, 0) is 30.3 Å². The van der Waals surface area contributed by atoms with Crippen LogP contribution in [0.5, 0.6) is 0 Å². The minimum Gasteiger partial charge on any atom is -0.337 e. The molecule has 0 saturated heterocycles. The van der Waals surface area contributed by atoms with E-state index in [1.807, 2.05) is 0 Å². The molecule has 156 valence electrons. The van der Waals surface area contributed by atoms with Gasteiger partial charge in [-0.2, -0.15) is 4.98 Å². The van der Waals surface area contributed by atoms with Gasteiger partial charge in [-0.3, -0.25) is 9.52 Å². The number of hydrogen-bond acceptors (Lipinski definition) is 7. The SMILES string of the molecule is CS(=O)(=O)Nc1ccccc1Nc1nc(Nc2cc(C(=O)I)ccc2F)ncc1Cl. The summed E-state index contributed by atoms with van der Waals surface area (Å²) in [6, 6.07) is 10.4. The molecular weight excluding hydrogens is 548 g/mol. The molecule has 0 aliphatic carbocycles. The quantitative estimate of drug-likeness (QED) is 0.283. The Morgan fingerprint density at radius 2 is 1.80 bits per heavy atom. The fourth-order valence-corrected chi connectivity index (χ4v) is 3.44. The highest BCUT2D eigenvalue weighted by molar-refractivity contribution is 14.1. The number of anilines is 5. The van der Waals surface area contributed by atoms with E-state index in [9.17, 15) is 17.6 Å². The Kier molecular flexibility index (Phi) is 6.73. The van der Waals surface area contributed by atoms with E-state index in [0.29, 0.717) is 16.9 Å². The van der Waals surface area contributed by atoms with Crippen LogP contribution in [-0.4, -0.2) is 28.4 Å². The predicted octanol–water partition coefficient (Wildman–Crippen LogP) is 4.70. The van der Waals surface area contributed by atoms with Crippen LogP contribution in [0.2, 0.25) is 5.02 Å². The van der Waals surface area contributed by atoms with Crippen molar-refractivity contribution in [3.8, 4) is 0 Å². The summed E-state index contributed by atoms with van der Waals surface area (Å²) in [5.41, 5.74) is 1.03. The van der Waals surface area contributed by atoms with E-state index in [2.05, 4.69) is 25.3 Å². The van der Waals surface area contributed by atoms with Crippen LogP contribution in [0.25, 0.3) is 0 Å². The summed E-state index contributed by atoms with van der Waals surface area (Å²) >= 11 is 7.76. The number of sulfonamides is 1. The summed E-state index contributed by atoms with van der Waals surface area (Å²) in [6.45, 7) is 0. The summed E-state index contributed by atoms with van der Waals surface area (Å²) in [5.74, 6) is -0.405. The molecule has 3 N–H and O–H groups in total. The number of benzene rings is 2. The molecule has 1 aromatic heterocycles. The van der Waals surface area contributed by atoms with Crippen LogP contribution in [0.1, 0.15) is 10.4 Å². The Hall–Kier alpha value is -2.51. The van der Waals surface area contributed by atoms with Crippen molar-refractivity contribution in [3.63, 3.8) is 0 Å². The molecule has 0 spiro atoms. The number of hydrogen-bond donors (Lipinski definition) is 3. The average molecular weight is 562 g/mol. The number of aromatic nitrogens is 2. The standard InChI is InChI=1S/C18H14ClFIN5O3S/c1-30(28,29)26-14-5-3-2-4-13(14)23-17-11(19)9-22-18(25-17)24-15-8-10(16(21)27)6-7-12(15)20/h2-9,26H,1H3,(H2,22,23,24,25). The van der Waals surface area contributed by atoms with E-state index in [4.69, 9.17) is 11.6 Å². The van der Waals surface area contributed by atoms with E-state index < -0.39 is 15.8 Å². The molecular formula is C18H14ClFIN5O3S. The Labute approximate surface area is 190 Å². The molecule has 0 atom stereocenters. The zero-order valence-electron chi connectivity index (χ0n) is 15.3. The highest BCUT2D eigenvalue weighted by Crippen LogP contribution is 2.30. The van der Waals surface area contributed by atoms with Gasteiger partial charge in [0, 0.05) is 28.2 Å². The number of nitrogens with one attached hydrogen (secondary N) is 3. The lowest BCUT2D eigenvalue weighted by Gasteiger charge is -2.14. The third-order valence-electron chi connectivity index (χ3n) is 3.66. The molecule has 0 saturated carbocycles. The van der Waals surface area contributed by atoms with Gasteiger partial charge in [0.05, 0.1) is 29.5 Å². The van der Waals surface area contributed by atoms with Gasteiger partial charge in [-0.15, -0.1) is 0 Å². The zero-order chi connectivity index (χ0) is 21.9. The van der Waals surface area contributed by atoms with Crippen molar-refractivity contribution >= 4 is 76.8 Å². The lowest BCUT2D eigenvalue weighted by atomic mass is 10.2. The van der Waals surface area contributed by atoms with Gasteiger partial charge in [0.2, 0.25) is 19.8 Å². The summed E-state index contributed by atoms with van der Waals surface area (Å²) < 4.78 is 39.4. The smallest absolute Gasteiger partial charge is 0.229 e. The lowest BCUT2D eigenvalue weighted by molar-refractivity contribution is 0.110. The van der Waals surface area contributed by atoms with Crippen LogP contribution in [0.3, 0.4) is 0 Å². The topological polar surface area (TPSA) is 113 Å². The van der Waals surface area contributed by atoms with Crippen LogP contribution in [-0.2, 0) is 10.0 Å². The lowest BCUT2D eigenvalue weighted by Crippen LogP contribution is -2.11. The number of halogens is 3. The van der Waals surface area contributed by atoms with Gasteiger partial charge in [-0.1, -0.05) is 23.7 Å². The molecule has 0 aliphatic heterocycles. The monoisotopic (exact) mass is 561 g/mol. The number of carbonyl (C=O) groups excluding carboxylic acids is 1. The van der Waals surface area contributed by atoms with Crippen LogP contribution in [0, 0.1) is 5.82 Å². The maximum Gasteiger partial charge on any atom is 0.229 e. The number of para-hydroxylation sites is 2. The van der Waals surface area contributed by atoms with Crippen molar-refractivity contribution in [2.45, 2.75) is 0 Å². The number of carbonyl (C=O) groups is 1. The fourth-order valence-electron chi connectivity index (χ4n) is 2.39. The van der Waals surface area contributed by atoms with Gasteiger partial charge >= 0.3 is 0 Å². The molecule has 3 aromatic rings. The van der Waals surface area contributed by atoms with Gasteiger partial charge in [-0.25, -0.2) is 17.8 Å². The van der Waals surface area contributed by atoms with Crippen molar-refractivity contribution in [3.05, 3.63) is 65.1 Å². The minimum absolute atomic E-state index is 0.0185. The van der Waals surface area contributed by atoms with Crippen molar-refractivity contribution in [1.82, 2.24) is 9.97 Å². The van der Waals surface area contributed by atoms with Crippen LogP contribution >= 0.6 is 34.2 Å². The maximum absolute atomic E-state index is 14.1. The molecule has 0 unspecified atom stereocenters. The Bertz CT molecular complexity index is 1230. The molecule has 30 heavy (non-hydrogen) atoms. The second-order valence-corrected chi connectivity index (χ2v) is 9.16.